The van der Waals surface area contributed by atoms with Crippen molar-refractivity contribution in [3.63, 3.8) is 0 Å². The lowest BCUT2D eigenvalue weighted by Crippen LogP contribution is -2.70. The van der Waals surface area contributed by atoms with Gasteiger partial charge in [0, 0.05) is 28.1 Å². The van der Waals surface area contributed by atoms with Gasteiger partial charge in [0.1, 0.15) is 22.9 Å². The molecular weight excluding hydrogens is 516 g/mol. The highest BCUT2D eigenvalue weighted by Gasteiger charge is 2.54. The van der Waals surface area contributed by atoms with E-state index >= 15 is 0 Å². The topological polar surface area (TPSA) is 178 Å². The Bertz CT molecular complexity index is 1170. The summed E-state index contributed by atoms with van der Waals surface area (Å²) in [6.45, 7) is 1.81. The van der Waals surface area contributed by atoms with Gasteiger partial charge in [-0.3, -0.25) is 18.7 Å². The molecule has 0 aliphatic carbocycles. The molecule has 15 heteroatoms. The van der Waals surface area contributed by atoms with Gasteiger partial charge < -0.3 is 15.5 Å². The molecule has 3 unspecified atom stereocenters. The first-order valence-electron chi connectivity index (χ1n) is 10.5. The van der Waals surface area contributed by atoms with Crippen molar-refractivity contribution in [2.45, 2.75) is 46.5 Å². The number of amides is 2. The summed E-state index contributed by atoms with van der Waals surface area (Å²) in [6.07, 6.45) is 0.424. The van der Waals surface area contributed by atoms with E-state index in [1.165, 1.54) is 40.6 Å². The van der Waals surface area contributed by atoms with E-state index in [1.54, 1.807) is 12.1 Å². The molecule has 1 aromatic heterocycles. The highest BCUT2D eigenvalue weighted by Crippen LogP contribution is 2.43. The third-order valence-electron chi connectivity index (χ3n) is 5.45. The SMILES string of the molecule is CC(Sc1nn[nH]n1)C1=C(C(=O)O)N2C(=O)C(NC(=O)CCCS(=O)c3ccc(O)cc3)[C@H]2SC1. The lowest BCUT2D eigenvalue weighted by molar-refractivity contribution is -0.150. The van der Waals surface area contributed by atoms with Crippen LogP contribution >= 0.6 is 23.5 Å². The summed E-state index contributed by atoms with van der Waals surface area (Å²) in [7, 11) is -1.31. The van der Waals surface area contributed by atoms with Crippen LogP contribution in [-0.2, 0) is 25.2 Å². The summed E-state index contributed by atoms with van der Waals surface area (Å²) in [5.74, 6) is -1.33. The van der Waals surface area contributed by atoms with Crippen molar-refractivity contribution in [2.75, 3.05) is 11.5 Å². The Morgan fingerprint density at radius 3 is 2.77 bits per heavy atom. The van der Waals surface area contributed by atoms with Crippen molar-refractivity contribution in [2.24, 2.45) is 0 Å². The van der Waals surface area contributed by atoms with Gasteiger partial charge in [-0.15, -0.1) is 22.0 Å². The molecule has 4 N–H and O–H groups in total. The smallest absolute Gasteiger partial charge is 0.352 e. The molecule has 0 spiro atoms. The van der Waals surface area contributed by atoms with Gasteiger partial charge in [-0.05, 0) is 48.4 Å². The van der Waals surface area contributed by atoms with E-state index in [4.69, 9.17) is 0 Å². The molecule has 0 saturated carbocycles. The molecule has 4 rings (SSSR count). The van der Waals surface area contributed by atoms with Gasteiger partial charge in [0.2, 0.25) is 11.1 Å². The minimum Gasteiger partial charge on any atom is -0.508 e. The average Bonchev–Trinajstić information content (AvgIpc) is 3.34. The maximum atomic E-state index is 12.8. The average molecular weight is 539 g/mol. The fraction of sp³-hybridized carbons (Fsp3) is 0.400. The maximum Gasteiger partial charge on any atom is 0.352 e. The number of hydrogen-bond acceptors (Lipinski definition) is 10. The predicted molar refractivity (Wildman–Crippen MR) is 128 cm³/mol. The Morgan fingerprint density at radius 2 is 2.11 bits per heavy atom. The van der Waals surface area contributed by atoms with E-state index in [-0.39, 0.29) is 34.8 Å². The number of nitrogens with zero attached hydrogens (tertiary/aromatic N) is 4. The molecule has 4 atom stereocenters. The fourth-order valence-corrected chi connectivity index (χ4v) is 7.21. The third-order valence-corrected chi connectivity index (χ3v) is 9.23. The Labute approximate surface area is 210 Å². The number of carbonyl (C=O) groups is 3. The number of carbonyl (C=O) groups excluding carboxylic acids is 2. The number of carboxylic acid groups (broad SMARTS) is 1. The number of nitrogens with one attached hydrogen (secondary N) is 2. The van der Waals surface area contributed by atoms with Crippen LogP contribution in [0, 0.1) is 0 Å². The number of phenolic OH excluding ortho intramolecular Hbond substituents is 1. The Hall–Kier alpha value is -2.91. The summed E-state index contributed by atoms with van der Waals surface area (Å²) < 4.78 is 12.3. The largest absolute Gasteiger partial charge is 0.508 e. The van der Waals surface area contributed by atoms with Crippen LogP contribution in [0.2, 0.25) is 0 Å². The van der Waals surface area contributed by atoms with Crippen molar-refractivity contribution >= 4 is 52.1 Å². The number of aromatic hydroxyl groups is 1. The van der Waals surface area contributed by atoms with Crippen LogP contribution in [0.25, 0.3) is 0 Å². The monoisotopic (exact) mass is 538 g/mol. The quantitative estimate of drug-likeness (QED) is 0.247. The highest BCUT2D eigenvalue weighted by atomic mass is 32.2. The normalized spacial score (nSPS) is 21.2. The third kappa shape index (κ3) is 5.51. The zero-order valence-electron chi connectivity index (χ0n) is 18.4. The molecular formula is C20H22N6O6S3. The van der Waals surface area contributed by atoms with E-state index in [0.717, 1.165) is 0 Å². The van der Waals surface area contributed by atoms with E-state index in [2.05, 4.69) is 25.9 Å². The van der Waals surface area contributed by atoms with Crippen LogP contribution in [0.4, 0.5) is 0 Å². The van der Waals surface area contributed by atoms with Crippen molar-refractivity contribution < 1.29 is 28.8 Å². The Morgan fingerprint density at radius 1 is 1.37 bits per heavy atom. The van der Waals surface area contributed by atoms with Crippen LogP contribution in [0.1, 0.15) is 19.8 Å². The molecule has 2 aliphatic rings. The molecule has 186 valence electrons. The minimum absolute atomic E-state index is 0.0722. The van der Waals surface area contributed by atoms with Gasteiger partial charge in [0.25, 0.3) is 5.91 Å². The van der Waals surface area contributed by atoms with Crippen molar-refractivity contribution in [1.29, 1.82) is 0 Å². The number of phenols is 1. The van der Waals surface area contributed by atoms with Gasteiger partial charge in [-0.25, -0.2) is 4.79 Å². The van der Waals surface area contributed by atoms with Crippen LogP contribution in [0.5, 0.6) is 5.75 Å². The van der Waals surface area contributed by atoms with E-state index in [0.29, 0.717) is 27.8 Å². The van der Waals surface area contributed by atoms with E-state index in [1.807, 2.05) is 6.92 Å². The summed E-state index contributed by atoms with van der Waals surface area (Å²) in [5, 5.41) is 34.9. The first kappa shape index (κ1) is 25.2. The Kier molecular flexibility index (Phi) is 7.76. The van der Waals surface area contributed by atoms with Gasteiger partial charge in [0.15, 0.2) is 0 Å². The number of carboxylic acids is 1. The number of H-pyrrole nitrogens is 1. The molecule has 0 radical (unpaired) electrons. The lowest BCUT2D eigenvalue weighted by atomic mass is 10.0. The number of hydrogen-bond donors (Lipinski definition) is 4. The van der Waals surface area contributed by atoms with Gasteiger partial charge in [-0.1, -0.05) is 11.8 Å². The van der Waals surface area contributed by atoms with Gasteiger partial charge >= 0.3 is 5.97 Å². The minimum atomic E-state index is -1.31. The number of thioether (sulfide) groups is 2. The number of benzene rings is 1. The zero-order chi connectivity index (χ0) is 25.1. The molecule has 35 heavy (non-hydrogen) atoms. The predicted octanol–water partition coefficient (Wildman–Crippen LogP) is 0.712. The summed E-state index contributed by atoms with van der Waals surface area (Å²) in [5.41, 5.74) is 0.500. The maximum absolute atomic E-state index is 12.8. The second-order valence-electron chi connectivity index (χ2n) is 7.74. The van der Waals surface area contributed by atoms with Crippen molar-refractivity contribution in [3.05, 3.63) is 35.5 Å². The highest BCUT2D eigenvalue weighted by molar-refractivity contribution is 8.01. The van der Waals surface area contributed by atoms with E-state index < -0.39 is 34.1 Å². The molecule has 1 aromatic carbocycles. The second-order valence-corrected chi connectivity index (χ2v) is 11.7. The van der Waals surface area contributed by atoms with Crippen molar-refractivity contribution in [1.82, 2.24) is 30.8 Å². The fourth-order valence-electron chi connectivity index (χ4n) is 3.71. The Balaban J connectivity index is 1.33. The van der Waals surface area contributed by atoms with Crippen LogP contribution in [-0.4, -0.2) is 85.9 Å². The molecule has 2 aliphatic heterocycles. The van der Waals surface area contributed by atoms with Crippen LogP contribution < -0.4 is 5.32 Å². The zero-order valence-corrected chi connectivity index (χ0v) is 20.9. The summed E-state index contributed by atoms with van der Waals surface area (Å²) in [4.78, 5) is 39.0. The standard InChI is InChI=1S/C20H22N6O6S3/c1-10(34-20-22-24-25-23-20)13-9-33-18-15(17(29)26(18)16(13)19(30)31)21-14(28)3-2-8-35(32)12-6-4-11(27)5-7-12/h4-7,10,15,18,27H,2-3,8-9H2,1H3,(H,21,28)(H,30,31)(H,22,23,24,25)/t10?,15?,18-,35?/m1/s1. The van der Waals surface area contributed by atoms with Crippen LogP contribution in [0.15, 0.2) is 45.6 Å². The van der Waals surface area contributed by atoms with Crippen LogP contribution in [0.3, 0.4) is 0 Å². The van der Waals surface area contributed by atoms with Gasteiger partial charge in [0.05, 0.1) is 10.8 Å². The number of rotatable bonds is 10. The molecule has 2 aromatic rings. The number of fused-ring (bicyclic) bond motifs is 1. The molecule has 12 nitrogen and oxygen atoms in total. The summed E-state index contributed by atoms with van der Waals surface area (Å²) >= 11 is 2.62. The first-order valence-corrected chi connectivity index (χ1v) is 13.8. The molecule has 3 heterocycles. The van der Waals surface area contributed by atoms with Crippen molar-refractivity contribution in [3.8, 4) is 5.75 Å². The van der Waals surface area contributed by atoms with E-state index in [9.17, 15) is 28.8 Å². The molecule has 0 bridgehead atoms. The summed E-state index contributed by atoms with van der Waals surface area (Å²) in [6, 6.07) is 5.22. The first-order chi connectivity index (χ1) is 16.8. The number of aromatic nitrogens is 4. The molecule has 1 fully saturated rings. The number of aromatic amines is 1. The number of tetrazole rings is 1. The molecule has 1 saturated heterocycles. The number of β-lactam (4-membered cyclic amide) rings is 1. The number of aliphatic carboxylic acids is 1. The lowest BCUT2D eigenvalue weighted by Gasteiger charge is -2.50. The molecule has 2 amide bonds. The van der Waals surface area contributed by atoms with Gasteiger partial charge in [-0.2, -0.15) is 5.21 Å². The second kappa shape index (κ2) is 10.8.